The van der Waals surface area contributed by atoms with Crippen molar-refractivity contribution >= 4 is 29.1 Å². The van der Waals surface area contributed by atoms with E-state index in [0.29, 0.717) is 42.4 Å². The van der Waals surface area contributed by atoms with Crippen molar-refractivity contribution in [1.82, 2.24) is 16.2 Å². The molecule has 39 heavy (non-hydrogen) atoms. The minimum atomic E-state index is -0.430. The summed E-state index contributed by atoms with van der Waals surface area (Å²) in [4.78, 5) is 24.9. The zero-order valence-corrected chi connectivity index (χ0v) is 21.8. The minimum Gasteiger partial charge on any atom is -0.490 e. The Hall–Kier alpha value is -4.89. The van der Waals surface area contributed by atoms with E-state index in [2.05, 4.69) is 16.2 Å². The normalized spacial score (nSPS) is 10.2. The number of nitrogens with one attached hydrogen (secondary N) is 3. The van der Waals surface area contributed by atoms with Gasteiger partial charge >= 0.3 is 0 Å². The average molecular weight is 542 g/mol. The summed E-state index contributed by atoms with van der Waals surface area (Å²) in [5, 5.41) is 2.47. The van der Waals surface area contributed by atoms with Gasteiger partial charge in [0, 0.05) is 11.1 Å². The molecule has 0 saturated heterocycles. The van der Waals surface area contributed by atoms with E-state index in [1.54, 1.807) is 48.5 Å². The van der Waals surface area contributed by atoms with Crippen LogP contribution in [0.3, 0.4) is 0 Å². The van der Waals surface area contributed by atoms with Crippen LogP contribution >= 0.6 is 12.2 Å². The fourth-order valence-corrected chi connectivity index (χ4v) is 3.52. The Bertz CT molecular complexity index is 1370. The molecule has 4 aromatic rings. The first-order valence-electron chi connectivity index (χ1n) is 12.2. The number of carbonyl (C=O) groups excluding carboxylic acids is 2. The van der Waals surface area contributed by atoms with Crippen LogP contribution in [0.2, 0.25) is 0 Å². The minimum absolute atomic E-state index is 0.0467. The van der Waals surface area contributed by atoms with Gasteiger partial charge in [0.2, 0.25) is 0 Å². The molecule has 4 aromatic carbocycles. The number of carbonyl (C=O) groups is 2. The van der Waals surface area contributed by atoms with E-state index in [9.17, 15) is 9.59 Å². The lowest BCUT2D eigenvalue weighted by Gasteiger charge is -2.12. The van der Waals surface area contributed by atoms with E-state index in [1.807, 2.05) is 60.7 Å². The molecule has 3 N–H and O–H groups in total. The highest BCUT2D eigenvalue weighted by Crippen LogP contribution is 2.15. The fraction of sp³-hybridized carbons (Fsp3) is 0.100. The summed E-state index contributed by atoms with van der Waals surface area (Å²) in [5.41, 5.74) is 6.82. The molecule has 4 rings (SSSR count). The number of rotatable bonds is 10. The predicted octanol–water partition coefficient (Wildman–Crippen LogP) is 4.67. The zero-order chi connectivity index (χ0) is 27.3. The lowest BCUT2D eigenvalue weighted by Crippen LogP contribution is -2.48. The van der Waals surface area contributed by atoms with Crippen LogP contribution in [-0.4, -0.2) is 30.1 Å². The van der Waals surface area contributed by atoms with Gasteiger partial charge in [-0.1, -0.05) is 48.5 Å². The largest absolute Gasteiger partial charge is 0.490 e. The van der Waals surface area contributed by atoms with E-state index in [1.165, 1.54) is 0 Å². The first kappa shape index (κ1) is 27.2. The second-order valence-corrected chi connectivity index (χ2v) is 8.60. The van der Waals surface area contributed by atoms with Crippen molar-refractivity contribution in [3.63, 3.8) is 0 Å². The van der Waals surface area contributed by atoms with Crippen LogP contribution in [0, 0.1) is 0 Å². The number of benzene rings is 4. The second kappa shape index (κ2) is 14.2. The van der Waals surface area contributed by atoms with Crippen LogP contribution in [0.25, 0.3) is 0 Å². The monoisotopic (exact) mass is 541 g/mol. The van der Waals surface area contributed by atoms with E-state index < -0.39 is 11.8 Å². The van der Waals surface area contributed by atoms with Crippen LogP contribution in [0.15, 0.2) is 109 Å². The first-order valence-corrected chi connectivity index (χ1v) is 12.6. The fourth-order valence-electron chi connectivity index (χ4n) is 3.37. The predicted molar refractivity (Wildman–Crippen MR) is 152 cm³/mol. The molecule has 0 bridgehead atoms. The Morgan fingerprint density at radius 2 is 1.05 bits per heavy atom. The van der Waals surface area contributed by atoms with Gasteiger partial charge in [-0.15, -0.1) is 0 Å². The van der Waals surface area contributed by atoms with E-state index in [4.69, 9.17) is 26.4 Å². The number of thiocarbonyl (C=S) groups is 1. The van der Waals surface area contributed by atoms with E-state index in [-0.39, 0.29) is 5.11 Å². The molecular formula is C30H27N3O5S. The maximum absolute atomic E-state index is 12.5. The molecule has 198 valence electrons. The lowest BCUT2D eigenvalue weighted by molar-refractivity contribution is 0.0934. The molecule has 0 radical (unpaired) electrons. The van der Waals surface area contributed by atoms with Gasteiger partial charge in [0.25, 0.3) is 11.8 Å². The van der Waals surface area contributed by atoms with Crippen LogP contribution in [0.4, 0.5) is 0 Å². The second-order valence-electron chi connectivity index (χ2n) is 8.20. The molecule has 0 spiro atoms. The summed E-state index contributed by atoms with van der Waals surface area (Å²) >= 11 is 5.12. The molecule has 0 heterocycles. The van der Waals surface area contributed by atoms with Crippen molar-refractivity contribution in [2.24, 2.45) is 0 Å². The molecule has 9 heteroatoms. The van der Waals surface area contributed by atoms with Crippen molar-refractivity contribution in [2.45, 2.75) is 6.61 Å². The summed E-state index contributed by atoms with van der Waals surface area (Å²) < 4.78 is 17.0. The van der Waals surface area contributed by atoms with E-state index >= 15 is 0 Å². The van der Waals surface area contributed by atoms with Gasteiger partial charge in [0.15, 0.2) is 5.11 Å². The van der Waals surface area contributed by atoms with Gasteiger partial charge in [0.05, 0.1) is 0 Å². The van der Waals surface area contributed by atoms with Crippen LogP contribution in [0.5, 0.6) is 17.2 Å². The van der Waals surface area contributed by atoms with Gasteiger partial charge in [-0.25, -0.2) is 0 Å². The quantitative estimate of drug-likeness (QED) is 0.152. The van der Waals surface area contributed by atoms with Crippen molar-refractivity contribution in [2.75, 3.05) is 13.2 Å². The Morgan fingerprint density at radius 1 is 0.564 bits per heavy atom. The first-order chi connectivity index (χ1) is 19.1. The summed E-state index contributed by atoms with van der Waals surface area (Å²) in [6.45, 7) is 1.18. The Labute approximate surface area is 231 Å². The van der Waals surface area contributed by atoms with Crippen molar-refractivity contribution in [1.29, 1.82) is 0 Å². The number of para-hydroxylation sites is 1. The SMILES string of the molecule is O=C(NNC(=S)NC(=O)c1ccc(OCCOc2ccccc2)cc1)c1ccc(OCc2ccccc2)cc1. The van der Waals surface area contributed by atoms with Crippen molar-refractivity contribution in [3.8, 4) is 17.2 Å². The maximum Gasteiger partial charge on any atom is 0.269 e. The Kier molecular flexibility index (Phi) is 9.85. The highest BCUT2D eigenvalue weighted by atomic mass is 32.1. The molecule has 2 amide bonds. The van der Waals surface area contributed by atoms with Gasteiger partial charge in [0.1, 0.15) is 37.1 Å². The molecule has 0 saturated carbocycles. The molecule has 0 unspecified atom stereocenters. The molecule has 0 fully saturated rings. The van der Waals surface area contributed by atoms with Crippen LogP contribution < -0.4 is 30.4 Å². The number of hydrazine groups is 1. The van der Waals surface area contributed by atoms with Gasteiger partial charge in [-0.05, 0) is 78.4 Å². The third-order valence-electron chi connectivity index (χ3n) is 5.36. The Morgan fingerprint density at radius 3 is 1.64 bits per heavy atom. The number of ether oxygens (including phenoxy) is 3. The molecule has 0 aliphatic rings. The maximum atomic E-state index is 12.5. The number of amides is 2. The summed E-state index contributed by atoms with van der Waals surface area (Å²) in [7, 11) is 0. The summed E-state index contributed by atoms with van der Waals surface area (Å²) in [5.74, 6) is 1.17. The smallest absolute Gasteiger partial charge is 0.269 e. The van der Waals surface area contributed by atoms with Crippen LogP contribution in [-0.2, 0) is 6.61 Å². The third-order valence-corrected chi connectivity index (χ3v) is 5.57. The molecule has 8 nitrogen and oxygen atoms in total. The summed E-state index contributed by atoms with van der Waals surface area (Å²) in [6, 6.07) is 32.6. The summed E-state index contributed by atoms with van der Waals surface area (Å²) in [6.07, 6.45) is 0. The average Bonchev–Trinajstić information content (AvgIpc) is 2.98. The standard InChI is InChI=1S/C30H27N3O5S/c34-28(23-11-15-26(16-12-23)37-20-19-36-25-9-5-2-6-10-25)31-30(39)33-32-29(35)24-13-17-27(18-14-24)38-21-22-7-3-1-4-8-22/h1-18H,19-21H2,(H,32,35)(H2,31,33,34,39). The Balaban J connectivity index is 1.15. The van der Waals surface area contributed by atoms with Crippen molar-refractivity contribution < 1.29 is 23.8 Å². The molecule has 0 aromatic heterocycles. The highest BCUT2D eigenvalue weighted by molar-refractivity contribution is 7.80. The van der Waals surface area contributed by atoms with Gasteiger partial charge in [-0.2, -0.15) is 0 Å². The third kappa shape index (κ3) is 8.87. The zero-order valence-electron chi connectivity index (χ0n) is 21.0. The molecular weight excluding hydrogens is 514 g/mol. The topological polar surface area (TPSA) is 97.9 Å². The van der Waals surface area contributed by atoms with Crippen molar-refractivity contribution in [3.05, 3.63) is 126 Å². The molecule has 0 aliphatic carbocycles. The molecule has 0 atom stereocenters. The van der Waals surface area contributed by atoms with Crippen LogP contribution in [0.1, 0.15) is 26.3 Å². The highest BCUT2D eigenvalue weighted by Gasteiger charge is 2.10. The number of hydrogen-bond acceptors (Lipinski definition) is 6. The number of hydrogen-bond donors (Lipinski definition) is 3. The lowest BCUT2D eigenvalue weighted by atomic mass is 10.2. The van der Waals surface area contributed by atoms with Gasteiger partial charge < -0.3 is 14.2 Å². The van der Waals surface area contributed by atoms with Gasteiger partial charge in [-0.3, -0.25) is 25.8 Å². The van der Waals surface area contributed by atoms with E-state index in [0.717, 1.165) is 11.3 Å². The molecule has 0 aliphatic heterocycles.